The summed E-state index contributed by atoms with van der Waals surface area (Å²) in [5.74, 6) is -0.840. The minimum absolute atomic E-state index is 0.0441. The number of hydrogen-bond donors (Lipinski definition) is 2. The molecule has 0 aliphatic rings. The van der Waals surface area contributed by atoms with Crippen molar-refractivity contribution in [1.29, 1.82) is 0 Å². The maximum atomic E-state index is 12.1. The van der Waals surface area contributed by atoms with Crippen molar-refractivity contribution >= 4 is 16.9 Å². The molecule has 128 valence electrons. The molecule has 1 heterocycles. The minimum atomic E-state index is -0.796. The highest BCUT2D eigenvalue weighted by Crippen LogP contribution is 2.27. The van der Waals surface area contributed by atoms with E-state index < -0.39 is 11.6 Å². The van der Waals surface area contributed by atoms with Crippen molar-refractivity contribution in [2.45, 2.75) is 25.7 Å². The summed E-state index contributed by atoms with van der Waals surface area (Å²) in [6.45, 7) is 0. The molecule has 2 N–H and O–H groups in total. The smallest absolute Gasteiger partial charge is 0.343 e. The van der Waals surface area contributed by atoms with Gasteiger partial charge in [-0.25, -0.2) is 4.79 Å². The second-order valence-corrected chi connectivity index (χ2v) is 5.95. The molecule has 0 saturated heterocycles. The van der Waals surface area contributed by atoms with Crippen LogP contribution in [0.4, 0.5) is 0 Å². The van der Waals surface area contributed by atoms with Crippen molar-refractivity contribution in [3.63, 3.8) is 0 Å². The predicted molar refractivity (Wildman–Crippen MR) is 94.0 cm³/mol. The van der Waals surface area contributed by atoms with E-state index in [0.29, 0.717) is 23.8 Å². The molecule has 0 unspecified atom stereocenters. The van der Waals surface area contributed by atoms with Crippen LogP contribution in [0.25, 0.3) is 11.0 Å². The van der Waals surface area contributed by atoms with E-state index in [1.165, 1.54) is 0 Å². The van der Waals surface area contributed by atoms with Crippen LogP contribution in [0, 0.1) is 0 Å². The van der Waals surface area contributed by atoms with Crippen molar-refractivity contribution in [3.05, 3.63) is 75.6 Å². The van der Waals surface area contributed by atoms with Crippen molar-refractivity contribution in [2.24, 2.45) is 0 Å². The van der Waals surface area contributed by atoms with Crippen LogP contribution in [-0.4, -0.2) is 16.2 Å². The highest BCUT2D eigenvalue weighted by molar-refractivity contribution is 5.84. The molecule has 0 fully saturated rings. The number of carbonyl (C=O) groups is 1. The number of aryl methyl sites for hydroxylation is 1. The summed E-state index contributed by atoms with van der Waals surface area (Å²) in [4.78, 5) is 22.7. The molecule has 0 amide bonds. The van der Waals surface area contributed by atoms with Gasteiger partial charge in [-0.2, -0.15) is 0 Å². The second kappa shape index (κ2) is 7.21. The molecule has 0 bridgehead atoms. The highest BCUT2D eigenvalue weighted by atomic mass is 16.4. The van der Waals surface area contributed by atoms with E-state index in [2.05, 4.69) is 0 Å². The first-order valence-electron chi connectivity index (χ1n) is 8.08. The number of rotatable bonds is 6. The lowest BCUT2D eigenvalue weighted by atomic mass is 10.0. The second-order valence-electron chi connectivity index (χ2n) is 5.95. The molecule has 3 rings (SSSR count). The molecular formula is C20H18O5. The Labute approximate surface area is 144 Å². The third kappa shape index (κ3) is 3.88. The molecule has 2 aromatic carbocycles. The van der Waals surface area contributed by atoms with E-state index >= 15 is 0 Å². The Morgan fingerprint density at radius 1 is 1.00 bits per heavy atom. The van der Waals surface area contributed by atoms with E-state index in [1.54, 1.807) is 24.3 Å². The summed E-state index contributed by atoms with van der Waals surface area (Å²) < 4.78 is 5.27. The number of carboxylic acid groups (broad SMARTS) is 1. The van der Waals surface area contributed by atoms with Crippen LogP contribution < -0.4 is 5.63 Å². The Morgan fingerprint density at radius 2 is 1.68 bits per heavy atom. The third-order valence-electron chi connectivity index (χ3n) is 4.14. The van der Waals surface area contributed by atoms with Gasteiger partial charge in [-0.3, -0.25) is 4.79 Å². The summed E-state index contributed by atoms with van der Waals surface area (Å²) in [5, 5.41) is 19.6. The van der Waals surface area contributed by atoms with Crippen LogP contribution in [0.15, 0.2) is 57.7 Å². The molecule has 3 aromatic rings. The molecule has 0 radical (unpaired) electrons. The average molecular weight is 338 g/mol. The molecule has 0 aliphatic heterocycles. The fraction of sp³-hybridized carbons (Fsp3) is 0.200. The number of aliphatic carboxylic acids is 1. The molecule has 25 heavy (non-hydrogen) atoms. The van der Waals surface area contributed by atoms with Gasteiger partial charge in [0.15, 0.2) is 0 Å². The normalized spacial score (nSPS) is 10.9. The Hall–Kier alpha value is -3.08. The van der Waals surface area contributed by atoms with Gasteiger partial charge in [-0.05, 0) is 36.1 Å². The van der Waals surface area contributed by atoms with E-state index in [-0.39, 0.29) is 24.2 Å². The SMILES string of the molecule is O=C(O)CCCc1ccc(Cc2c(O)c3ccccc3oc2=O)cc1. The Balaban J connectivity index is 1.79. The van der Waals surface area contributed by atoms with Gasteiger partial charge in [-0.15, -0.1) is 0 Å². The van der Waals surface area contributed by atoms with Gasteiger partial charge < -0.3 is 14.6 Å². The van der Waals surface area contributed by atoms with Gasteiger partial charge in [0.2, 0.25) is 0 Å². The number of fused-ring (bicyclic) bond motifs is 1. The first-order valence-corrected chi connectivity index (χ1v) is 8.08. The highest BCUT2D eigenvalue weighted by Gasteiger charge is 2.14. The Bertz CT molecular complexity index is 954. The Morgan fingerprint density at radius 3 is 2.40 bits per heavy atom. The van der Waals surface area contributed by atoms with Gasteiger partial charge in [-0.1, -0.05) is 36.4 Å². The third-order valence-corrected chi connectivity index (χ3v) is 4.14. The topological polar surface area (TPSA) is 87.7 Å². The molecule has 0 spiro atoms. The number of aromatic hydroxyl groups is 1. The predicted octanol–water partition coefficient (Wildman–Crippen LogP) is 3.50. The van der Waals surface area contributed by atoms with Crippen molar-refractivity contribution < 1.29 is 19.4 Å². The van der Waals surface area contributed by atoms with Gasteiger partial charge in [0, 0.05) is 12.8 Å². The molecule has 0 atom stereocenters. The maximum Gasteiger partial charge on any atom is 0.343 e. The minimum Gasteiger partial charge on any atom is -0.507 e. The van der Waals surface area contributed by atoms with Gasteiger partial charge in [0.25, 0.3) is 0 Å². The molecule has 0 aliphatic carbocycles. The first-order chi connectivity index (χ1) is 12.0. The fourth-order valence-electron chi connectivity index (χ4n) is 2.80. The van der Waals surface area contributed by atoms with Crippen molar-refractivity contribution in [3.8, 4) is 5.75 Å². The summed E-state index contributed by atoms with van der Waals surface area (Å²) in [6.07, 6.45) is 1.70. The van der Waals surface area contributed by atoms with Crippen LogP contribution in [-0.2, 0) is 17.6 Å². The standard InChI is InChI=1S/C20H18O5/c21-18(22)7-3-4-13-8-10-14(11-9-13)12-16-19(23)15-5-1-2-6-17(15)25-20(16)24/h1-2,5-6,8-11,23H,3-4,7,12H2,(H,21,22). The molecular weight excluding hydrogens is 320 g/mol. The zero-order valence-electron chi connectivity index (χ0n) is 13.6. The van der Waals surface area contributed by atoms with Gasteiger partial charge >= 0.3 is 11.6 Å². The lowest BCUT2D eigenvalue weighted by Gasteiger charge is -2.07. The number of carboxylic acids is 1. The summed E-state index contributed by atoms with van der Waals surface area (Å²) in [5.41, 5.74) is 1.97. The zero-order valence-corrected chi connectivity index (χ0v) is 13.6. The number of hydrogen-bond acceptors (Lipinski definition) is 4. The summed E-state index contributed by atoms with van der Waals surface area (Å²) >= 11 is 0. The van der Waals surface area contributed by atoms with Gasteiger partial charge in [0.05, 0.1) is 10.9 Å². The van der Waals surface area contributed by atoms with Crippen LogP contribution in [0.5, 0.6) is 5.75 Å². The first kappa shape index (κ1) is 16.8. The average Bonchev–Trinajstić information content (AvgIpc) is 2.59. The van der Waals surface area contributed by atoms with Crippen LogP contribution in [0.2, 0.25) is 0 Å². The largest absolute Gasteiger partial charge is 0.507 e. The maximum absolute atomic E-state index is 12.1. The van der Waals surface area contributed by atoms with Crippen molar-refractivity contribution in [2.75, 3.05) is 0 Å². The summed E-state index contributed by atoms with van der Waals surface area (Å²) in [6, 6.07) is 14.5. The van der Waals surface area contributed by atoms with Gasteiger partial charge in [0.1, 0.15) is 11.3 Å². The monoisotopic (exact) mass is 338 g/mol. The number of benzene rings is 2. The van der Waals surface area contributed by atoms with E-state index in [1.807, 2.05) is 24.3 Å². The number of para-hydroxylation sites is 1. The van der Waals surface area contributed by atoms with E-state index in [0.717, 1.165) is 11.1 Å². The quantitative estimate of drug-likeness (QED) is 0.672. The Kier molecular flexibility index (Phi) is 4.84. The summed E-state index contributed by atoms with van der Waals surface area (Å²) in [7, 11) is 0. The van der Waals surface area contributed by atoms with Crippen molar-refractivity contribution in [1.82, 2.24) is 0 Å². The zero-order chi connectivity index (χ0) is 17.8. The van der Waals surface area contributed by atoms with Crippen LogP contribution >= 0.6 is 0 Å². The lowest BCUT2D eigenvalue weighted by Crippen LogP contribution is -2.08. The fourth-order valence-corrected chi connectivity index (χ4v) is 2.80. The molecule has 1 aromatic heterocycles. The van der Waals surface area contributed by atoms with E-state index in [4.69, 9.17) is 9.52 Å². The molecule has 5 heteroatoms. The van der Waals surface area contributed by atoms with Crippen LogP contribution in [0.1, 0.15) is 29.5 Å². The molecule has 0 saturated carbocycles. The van der Waals surface area contributed by atoms with E-state index in [9.17, 15) is 14.7 Å². The van der Waals surface area contributed by atoms with Crippen LogP contribution in [0.3, 0.4) is 0 Å². The molecule has 5 nitrogen and oxygen atoms in total. The lowest BCUT2D eigenvalue weighted by molar-refractivity contribution is -0.137.